The molecule has 0 radical (unpaired) electrons. The van der Waals surface area contributed by atoms with Gasteiger partial charge in [-0.2, -0.15) is 0 Å². The van der Waals surface area contributed by atoms with Crippen molar-refractivity contribution in [3.63, 3.8) is 0 Å². The van der Waals surface area contributed by atoms with Gasteiger partial charge in [0.25, 0.3) is 0 Å². The molecule has 2 N–H and O–H groups in total. The van der Waals surface area contributed by atoms with Crippen LogP contribution in [0.25, 0.3) is 0 Å². The Hall–Kier alpha value is -0.120. The maximum atomic E-state index is 5.76. The summed E-state index contributed by atoms with van der Waals surface area (Å²) in [7, 11) is 1.83. The highest BCUT2D eigenvalue weighted by Crippen LogP contribution is 2.25. The lowest BCUT2D eigenvalue weighted by molar-refractivity contribution is -0.0511. The molecule has 1 unspecified atom stereocenters. The van der Waals surface area contributed by atoms with Gasteiger partial charge in [-0.25, -0.2) is 0 Å². The van der Waals surface area contributed by atoms with Crippen molar-refractivity contribution in [3.8, 4) is 0 Å². The largest absolute Gasteiger partial charge is 0.377 e. The minimum Gasteiger partial charge on any atom is -0.377 e. The number of hydrogen-bond acceptors (Lipinski definition) is 3. The normalized spacial score (nSPS) is 27.4. The summed E-state index contributed by atoms with van der Waals surface area (Å²) >= 11 is 0. The van der Waals surface area contributed by atoms with Crippen molar-refractivity contribution < 1.29 is 4.74 Å². The van der Waals surface area contributed by atoms with Gasteiger partial charge in [-0.3, -0.25) is 0 Å². The average Bonchev–Trinajstić information content (AvgIpc) is 2.29. The Balaban J connectivity index is 2.28. The standard InChI is InChI=1S/C14H30N2O/c1-13(2,11-15)7-5-9-16-10-6-8-14(3,12-16)17-4/h5-12,15H2,1-4H3. The molecule has 1 rings (SSSR count). The molecule has 0 bridgehead atoms. The summed E-state index contributed by atoms with van der Waals surface area (Å²) in [4.78, 5) is 2.54. The van der Waals surface area contributed by atoms with Crippen molar-refractivity contribution in [1.29, 1.82) is 0 Å². The molecule has 0 aromatic carbocycles. The lowest BCUT2D eigenvalue weighted by Crippen LogP contribution is -2.47. The first-order chi connectivity index (χ1) is 7.91. The van der Waals surface area contributed by atoms with Crippen LogP contribution in [0.2, 0.25) is 0 Å². The van der Waals surface area contributed by atoms with Crippen molar-refractivity contribution in [2.45, 2.75) is 52.1 Å². The van der Waals surface area contributed by atoms with E-state index in [4.69, 9.17) is 10.5 Å². The molecule has 3 heteroatoms. The summed E-state index contributed by atoms with van der Waals surface area (Å²) in [5.41, 5.74) is 6.12. The molecule has 0 spiro atoms. The predicted octanol–water partition coefficient (Wildman–Crippen LogP) is 2.25. The third-order valence-corrected chi connectivity index (χ3v) is 4.11. The highest BCUT2D eigenvalue weighted by atomic mass is 16.5. The Morgan fingerprint density at radius 2 is 2.12 bits per heavy atom. The molecule has 102 valence electrons. The minimum atomic E-state index is 0.0711. The van der Waals surface area contributed by atoms with Gasteiger partial charge in [-0.05, 0) is 57.7 Å². The zero-order chi connectivity index (χ0) is 12.9. The number of ether oxygens (including phenoxy) is 1. The Labute approximate surface area is 107 Å². The highest BCUT2D eigenvalue weighted by Gasteiger charge is 2.30. The molecule has 1 saturated heterocycles. The van der Waals surface area contributed by atoms with Gasteiger partial charge in [0.1, 0.15) is 0 Å². The Kier molecular flexibility index (Phi) is 5.42. The van der Waals surface area contributed by atoms with Crippen LogP contribution in [0, 0.1) is 5.41 Å². The molecule has 3 nitrogen and oxygen atoms in total. The van der Waals surface area contributed by atoms with E-state index in [0.717, 1.165) is 13.1 Å². The fraction of sp³-hybridized carbons (Fsp3) is 1.00. The lowest BCUT2D eigenvalue weighted by Gasteiger charge is -2.39. The number of nitrogens with zero attached hydrogens (tertiary/aromatic N) is 1. The third-order valence-electron chi connectivity index (χ3n) is 4.11. The maximum Gasteiger partial charge on any atom is 0.0777 e. The van der Waals surface area contributed by atoms with E-state index < -0.39 is 0 Å². The Morgan fingerprint density at radius 3 is 2.71 bits per heavy atom. The first-order valence-corrected chi connectivity index (χ1v) is 6.88. The molecular formula is C14H30N2O. The smallest absolute Gasteiger partial charge is 0.0777 e. The van der Waals surface area contributed by atoms with Gasteiger partial charge >= 0.3 is 0 Å². The third kappa shape index (κ3) is 4.94. The molecule has 1 heterocycles. The topological polar surface area (TPSA) is 38.5 Å². The molecule has 0 aromatic rings. The van der Waals surface area contributed by atoms with Crippen LogP contribution in [0.3, 0.4) is 0 Å². The van der Waals surface area contributed by atoms with Crippen molar-refractivity contribution >= 4 is 0 Å². The molecule has 0 aliphatic carbocycles. The highest BCUT2D eigenvalue weighted by molar-refractivity contribution is 4.84. The SMILES string of the molecule is COC1(C)CCCN(CCCC(C)(C)CN)C1. The first-order valence-electron chi connectivity index (χ1n) is 6.88. The number of hydrogen-bond donors (Lipinski definition) is 1. The quantitative estimate of drug-likeness (QED) is 0.776. The van der Waals surface area contributed by atoms with Crippen molar-refractivity contribution in [1.82, 2.24) is 4.90 Å². The van der Waals surface area contributed by atoms with Crippen LogP contribution in [-0.4, -0.2) is 43.8 Å². The molecule has 1 aliphatic rings. The van der Waals surface area contributed by atoms with Crippen LogP contribution in [-0.2, 0) is 4.74 Å². The average molecular weight is 242 g/mol. The van der Waals surface area contributed by atoms with E-state index in [2.05, 4.69) is 25.7 Å². The van der Waals surface area contributed by atoms with Crippen LogP contribution in [0.15, 0.2) is 0 Å². The number of likely N-dealkylation sites (tertiary alicyclic amines) is 1. The Bertz CT molecular complexity index is 230. The van der Waals surface area contributed by atoms with Gasteiger partial charge in [-0.15, -0.1) is 0 Å². The fourth-order valence-corrected chi connectivity index (χ4v) is 2.55. The number of methoxy groups -OCH3 is 1. The van der Waals surface area contributed by atoms with Gasteiger partial charge in [-0.1, -0.05) is 13.8 Å². The molecule has 1 aliphatic heterocycles. The van der Waals surface area contributed by atoms with Gasteiger partial charge in [0.05, 0.1) is 5.60 Å². The molecule has 1 fully saturated rings. The minimum absolute atomic E-state index is 0.0711. The number of rotatable bonds is 6. The second kappa shape index (κ2) is 6.17. The summed E-state index contributed by atoms with van der Waals surface area (Å²) in [6.45, 7) is 11.0. The molecule has 0 saturated carbocycles. The number of piperidine rings is 1. The van der Waals surface area contributed by atoms with E-state index in [1.165, 1.54) is 38.8 Å². The van der Waals surface area contributed by atoms with E-state index in [0.29, 0.717) is 5.41 Å². The first kappa shape index (κ1) is 14.9. The van der Waals surface area contributed by atoms with Crippen LogP contribution >= 0.6 is 0 Å². The van der Waals surface area contributed by atoms with Gasteiger partial charge in [0.2, 0.25) is 0 Å². The van der Waals surface area contributed by atoms with E-state index in [1.54, 1.807) is 0 Å². The Morgan fingerprint density at radius 1 is 1.41 bits per heavy atom. The van der Waals surface area contributed by atoms with Gasteiger partial charge in [0, 0.05) is 13.7 Å². The molecule has 0 amide bonds. The van der Waals surface area contributed by atoms with Crippen molar-refractivity contribution in [2.75, 3.05) is 33.3 Å². The molecular weight excluding hydrogens is 212 g/mol. The number of nitrogens with two attached hydrogens (primary N) is 1. The van der Waals surface area contributed by atoms with Crippen molar-refractivity contribution in [2.24, 2.45) is 11.1 Å². The summed E-state index contributed by atoms with van der Waals surface area (Å²) in [6, 6.07) is 0. The van der Waals surface area contributed by atoms with E-state index in [1.807, 2.05) is 7.11 Å². The second-order valence-corrected chi connectivity index (χ2v) is 6.51. The van der Waals surface area contributed by atoms with E-state index in [9.17, 15) is 0 Å². The monoisotopic (exact) mass is 242 g/mol. The van der Waals surface area contributed by atoms with Gasteiger partial charge < -0.3 is 15.4 Å². The van der Waals surface area contributed by atoms with Crippen LogP contribution in [0.4, 0.5) is 0 Å². The summed E-state index contributed by atoms with van der Waals surface area (Å²) in [5, 5.41) is 0. The fourth-order valence-electron chi connectivity index (χ4n) is 2.55. The van der Waals surface area contributed by atoms with Gasteiger partial charge in [0.15, 0.2) is 0 Å². The van der Waals surface area contributed by atoms with Crippen molar-refractivity contribution in [3.05, 3.63) is 0 Å². The molecule has 1 atom stereocenters. The van der Waals surface area contributed by atoms with Crippen LogP contribution < -0.4 is 5.73 Å². The van der Waals surface area contributed by atoms with Crippen LogP contribution in [0.5, 0.6) is 0 Å². The summed E-state index contributed by atoms with van der Waals surface area (Å²) in [6.07, 6.45) is 4.90. The van der Waals surface area contributed by atoms with E-state index in [-0.39, 0.29) is 5.60 Å². The zero-order valence-electron chi connectivity index (χ0n) is 12.1. The lowest BCUT2D eigenvalue weighted by atomic mass is 9.87. The maximum absolute atomic E-state index is 5.76. The second-order valence-electron chi connectivity index (χ2n) is 6.51. The molecule has 17 heavy (non-hydrogen) atoms. The summed E-state index contributed by atoms with van der Waals surface area (Å²) in [5.74, 6) is 0. The molecule has 0 aromatic heterocycles. The zero-order valence-corrected chi connectivity index (χ0v) is 12.1. The predicted molar refractivity (Wildman–Crippen MR) is 73.2 cm³/mol. The summed E-state index contributed by atoms with van der Waals surface area (Å²) < 4.78 is 5.62. The van der Waals surface area contributed by atoms with Crippen LogP contribution in [0.1, 0.15) is 46.5 Å². The van der Waals surface area contributed by atoms with E-state index >= 15 is 0 Å².